The molecule has 0 aromatic heterocycles. The van der Waals surface area contributed by atoms with Crippen LogP contribution in [0.25, 0.3) is 5.76 Å². The van der Waals surface area contributed by atoms with Crippen LogP contribution in [0.1, 0.15) is 24.5 Å². The summed E-state index contributed by atoms with van der Waals surface area (Å²) in [7, 11) is 1.64. The summed E-state index contributed by atoms with van der Waals surface area (Å²) >= 11 is 0. The number of fused-ring (bicyclic) bond motifs is 1. The number of ketones is 1. The van der Waals surface area contributed by atoms with Crippen LogP contribution in [-0.4, -0.2) is 91.3 Å². The molecule has 2 saturated heterocycles. The second kappa shape index (κ2) is 9.97. The number of carbonyl (C=O) groups excluding carboxylic acids is 2. The zero-order valence-electron chi connectivity index (χ0n) is 20.2. The molecule has 3 heterocycles. The van der Waals surface area contributed by atoms with E-state index in [2.05, 4.69) is 4.90 Å². The van der Waals surface area contributed by atoms with Crippen LogP contribution in [0.2, 0.25) is 0 Å². The number of hydrogen-bond donors (Lipinski definition) is 1. The van der Waals surface area contributed by atoms with E-state index in [1.807, 2.05) is 37.3 Å². The van der Waals surface area contributed by atoms with Crippen molar-refractivity contribution in [3.63, 3.8) is 0 Å². The van der Waals surface area contributed by atoms with Crippen molar-refractivity contribution in [3.8, 4) is 5.75 Å². The van der Waals surface area contributed by atoms with Crippen molar-refractivity contribution in [1.82, 2.24) is 9.80 Å². The molecule has 3 aliphatic heterocycles. The first-order valence-corrected chi connectivity index (χ1v) is 12.2. The Morgan fingerprint density at radius 1 is 1.17 bits per heavy atom. The first-order valence-electron chi connectivity index (χ1n) is 12.2. The minimum Gasteiger partial charge on any atom is -0.507 e. The maximum absolute atomic E-state index is 13.3. The van der Waals surface area contributed by atoms with Gasteiger partial charge < -0.3 is 24.2 Å². The van der Waals surface area contributed by atoms with Gasteiger partial charge in [0.15, 0.2) is 0 Å². The highest BCUT2D eigenvalue weighted by molar-refractivity contribution is 6.47. The van der Waals surface area contributed by atoms with Gasteiger partial charge in [-0.1, -0.05) is 18.2 Å². The standard InChI is InChI=1S/C27H32N2O6/c1-17-14-20-15-19(6-7-22(20)35-17)25(30)23-24(18-4-3-5-21(16-18)33-2)29(27(32)26(23)31)9-8-28-10-12-34-13-11-28/h3-7,15,17,21,24,30H,8-14,16H2,1-2H3/t17-,21+,24-/m1/s1. The second-order valence-electron chi connectivity index (χ2n) is 9.51. The number of aliphatic hydroxyl groups is 1. The van der Waals surface area contributed by atoms with Gasteiger partial charge in [-0.2, -0.15) is 0 Å². The number of aliphatic hydroxyl groups excluding tert-OH is 1. The third-order valence-corrected chi connectivity index (χ3v) is 7.20. The van der Waals surface area contributed by atoms with E-state index < -0.39 is 17.7 Å². The third-order valence-electron chi connectivity index (χ3n) is 7.20. The topological polar surface area (TPSA) is 88.5 Å². The summed E-state index contributed by atoms with van der Waals surface area (Å²) in [5.41, 5.74) is 2.52. The lowest BCUT2D eigenvalue weighted by atomic mass is 9.89. The van der Waals surface area contributed by atoms with Crippen LogP contribution in [0.3, 0.4) is 0 Å². The molecule has 5 rings (SSSR count). The number of morpholine rings is 1. The van der Waals surface area contributed by atoms with Gasteiger partial charge >= 0.3 is 0 Å². The Balaban J connectivity index is 1.51. The Labute approximate surface area is 205 Å². The van der Waals surface area contributed by atoms with Gasteiger partial charge in [0.25, 0.3) is 11.7 Å². The predicted molar refractivity (Wildman–Crippen MR) is 130 cm³/mol. The van der Waals surface area contributed by atoms with Crippen LogP contribution >= 0.6 is 0 Å². The predicted octanol–water partition coefficient (Wildman–Crippen LogP) is 2.29. The van der Waals surface area contributed by atoms with Crippen LogP contribution in [-0.2, 0) is 25.5 Å². The summed E-state index contributed by atoms with van der Waals surface area (Å²) in [5.74, 6) is -0.579. The van der Waals surface area contributed by atoms with E-state index in [1.54, 1.807) is 18.1 Å². The van der Waals surface area contributed by atoms with E-state index >= 15 is 0 Å². The molecular formula is C27H32N2O6. The highest BCUT2D eigenvalue weighted by Gasteiger charge is 2.47. The smallest absolute Gasteiger partial charge is 0.295 e. The molecular weight excluding hydrogens is 448 g/mol. The van der Waals surface area contributed by atoms with E-state index in [0.717, 1.165) is 36.4 Å². The molecule has 3 atom stereocenters. The molecule has 2 fully saturated rings. The van der Waals surface area contributed by atoms with Crippen molar-refractivity contribution in [3.05, 3.63) is 58.7 Å². The Hall–Kier alpha value is -2.94. The summed E-state index contributed by atoms with van der Waals surface area (Å²) in [6, 6.07) is 4.79. The molecule has 0 unspecified atom stereocenters. The fourth-order valence-corrected chi connectivity index (χ4v) is 5.33. The molecule has 4 aliphatic rings. The van der Waals surface area contributed by atoms with Crippen molar-refractivity contribution in [2.45, 2.75) is 38.0 Å². The van der Waals surface area contributed by atoms with Gasteiger partial charge in [0, 0.05) is 51.7 Å². The second-order valence-corrected chi connectivity index (χ2v) is 9.51. The van der Waals surface area contributed by atoms with Gasteiger partial charge in [-0.3, -0.25) is 14.5 Å². The summed E-state index contributed by atoms with van der Waals surface area (Å²) in [4.78, 5) is 30.4. The largest absolute Gasteiger partial charge is 0.507 e. The van der Waals surface area contributed by atoms with Gasteiger partial charge in [-0.05, 0) is 36.3 Å². The molecule has 1 aromatic carbocycles. The number of nitrogens with zero attached hydrogens (tertiary/aromatic N) is 2. The van der Waals surface area contributed by atoms with Crippen molar-refractivity contribution in [1.29, 1.82) is 0 Å². The summed E-state index contributed by atoms with van der Waals surface area (Å²) < 4.78 is 16.7. The zero-order chi connectivity index (χ0) is 24.5. The SMILES string of the molecule is CO[C@H]1C=CC=C([C@@H]2C(=C(O)c3ccc4c(c3)C[C@@H](C)O4)C(=O)C(=O)N2CCN2CCOCC2)C1. The van der Waals surface area contributed by atoms with Gasteiger partial charge in [0.05, 0.1) is 30.9 Å². The maximum atomic E-state index is 13.3. The van der Waals surface area contributed by atoms with Gasteiger partial charge in [0.2, 0.25) is 0 Å². The van der Waals surface area contributed by atoms with Crippen molar-refractivity contribution >= 4 is 17.4 Å². The monoisotopic (exact) mass is 480 g/mol. The fraction of sp³-hybridized carbons (Fsp3) is 0.481. The number of likely N-dealkylation sites (tertiary alicyclic amines) is 1. The van der Waals surface area contributed by atoms with E-state index in [4.69, 9.17) is 14.2 Å². The van der Waals surface area contributed by atoms with Crippen LogP contribution in [0.15, 0.2) is 47.6 Å². The number of ether oxygens (including phenoxy) is 3. The Kier molecular flexibility index (Phi) is 6.77. The number of rotatable bonds is 6. The molecule has 1 amide bonds. The molecule has 0 radical (unpaired) electrons. The van der Waals surface area contributed by atoms with Gasteiger partial charge in [-0.25, -0.2) is 0 Å². The average molecular weight is 481 g/mol. The number of benzene rings is 1. The lowest BCUT2D eigenvalue weighted by Crippen LogP contribution is -2.45. The maximum Gasteiger partial charge on any atom is 0.295 e. The number of methoxy groups -OCH3 is 1. The normalized spacial score (nSPS) is 28.2. The van der Waals surface area contributed by atoms with Crippen molar-refractivity contribution in [2.75, 3.05) is 46.5 Å². The molecule has 8 nitrogen and oxygen atoms in total. The molecule has 1 N–H and O–H groups in total. The number of allylic oxidation sites excluding steroid dienone is 2. The first kappa shape index (κ1) is 23.8. The minimum atomic E-state index is -0.649. The van der Waals surface area contributed by atoms with Crippen LogP contribution in [0.4, 0.5) is 0 Å². The van der Waals surface area contributed by atoms with Gasteiger partial charge in [0.1, 0.15) is 17.6 Å². The molecule has 1 aromatic rings. The molecule has 8 heteroatoms. The molecule has 35 heavy (non-hydrogen) atoms. The summed E-state index contributed by atoms with van der Waals surface area (Å²) in [6.45, 7) is 5.93. The Morgan fingerprint density at radius 2 is 1.97 bits per heavy atom. The molecule has 0 saturated carbocycles. The van der Waals surface area contributed by atoms with Crippen LogP contribution in [0.5, 0.6) is 5.75 Å². The van der Waals surface area contributed by atoms with E-state index in [0.29, 0.717) is 38.3 Å². The fourth-order valence-electron chi connectivity index (χ4n) is 5.33. The van der Waals surface area contributed by atoms with E-state index in [1.165, 1.54) is 0 Å². The minimum absolute atomic E-state index is 0.0679. The third kappa shape index (κ3) is 4.66. The van der Waals surface area contributed by atoms with Crippen LogP contribution < -0.4 is 4.74 Å². The van der Waals surface area contributed by atoms with E-state index in [-0.39, 0.29) is 23.5 Å². The Bertz CT molecular complexity index is 1100. The lowest BCUT2D eigenvalue weighted by Gasteiger charge is -2.32. The number of carbonyl (C=O) groups is 2. The average Bonchev–Trinajstić information content (AvgIpc) is 3.38. The van der Waals surface area contributed by atoms with Crippen LogP contribution in [0, 0.1) is 0 Å². The summed E-state index contributed by atoms with van der Waals surface area (Å²) in [6.07, 6.45) is 6.97. The first-order chi connectivity index (χ1) is 17.0. The van der Waals surface area contributed by atoms with Gasteiger partial charge in [-0.15, -0.1) is 0 Å². The highest BCUT2D eigenvalue weighted by Crippen LogP contribution is 2.37. The number of hydrogen-bond acceptors (Lipinski definition) is 7. The number of amides is 1. The summed E-state index contributed by atoms with van der Waals surface area (Å²) in [5, 5.41) is 11.4. The molecule has 1 aliphatic carbocycles. The molecule has 0 spiro atoms. The van der Waals surface area contributed by atoms with E-state index in [9.17, 15) is 14.7 Å². The van der Waals surface area contributed by atoms with Crippen molar-refractivity contribution in [2.24, 2.45) is 0 Å². The highest BCUT2D eigenvalue weighted by atomic mass is 16.5. The quantitative estimate of drug-likeness (QED) is 0.380. The zero-order valence-corrected chi connectivity index (χ0v) is 20.2. The Morgan fingerprint density at radius 3 is 2.74 bits per heavy atom. The lowest BCUT2D eigenvalue weighted by molar-refractivity contribution is -0.139. The molecule has 186 valence electrons. The van der Waals surface area contributed by atoms with Crippen molar-refractivity contribution < 1.29 is 28.9 Å². The molecule has 0 bridgehead atoms. The number of Topliss-reactive ketones (excluding diaryl/α,β-unsaturated/α-hetero) is 1.